The van der Waals surface area contributed by atoms with Crippen molar-refractivity contribution in [2.75, 3.05) is 6.61 Å². The highest BCUT2D eigenvalue weighted by Gasteiger charge is 2.15. The van der Waals surface area contributed by atoms with Gasteiger partial charge in [0.15, 0.2) is 0 Å². The van der Waals surface area contributed by atoms with E-state index in [1.165, 1.54) is 12.8 Å². The van der Waals surface area contributed by atoms with Crippen LogP contribution in [0.15, 0.2) is 6.20 Å². The Balaban J connectivity index is 1.82. The summed E-state index contributed by atoms with van der Waals surface area (Å²) in [6, 6.07) is 0.0106. The number of nitrogens with zero attached hydrogens (tertiary/aromatic N) is 3. The zero-order valence-corrected chi connectivity index (χ0v) is 9.80. The lowest BCUT2D eigenvalue weighted by Crippen LogP contribution is -2.10. The van der Waals surface area contributed by atoms with Gasteiger partial charge in [-0.2, -0.15) is 0 Å². The molecule has 1 saturated heterocycles. The molecule has 90 valence electrons. The molecule has 2 heterocycles. The Morgan fingerprint density at radius 3 is 3.25 bits per heavy atom. The van der Waals surface area contributed by atoms with Gasteiger partial charge < -0.3 is 10.5 Å². The van der Waals surface area contributed by atoms with Crippen LogP contribution in [0.2, 0.25) is 0 Å². The number of aryl methyl sites for hydroxylation is 1. The lowest BCUT2D eigenvalue weighted by molar-refractivity contribution is 0.0993. The summed E-state index contributed by atoms with van der Waals surface area (Å²) < 4.78 is 7.43. The third-order valence-electron chi connectivity index (χ3n) is 3.08. The van der Waals surface area contributed by atoms with Crippen LogP contribution in [0, 0.1) is 0 Å². The Morgan fingerprint density at radius 2 is 2.56 bits per heavy atom. The van der Waals surface area contributed by atoms with Crippen molar-refractivity contribution in [3.63, 3.8) is 0 Å². The maximum atomic E-state index is 5.89. The number of hydrogen-bond donors (Lipinski definition) is 1. The van der Waals surface area contributed by atoms with Crippen molar-refractivity contribution in [1.82, 2.24) is 15.0 Å². The lowest BCUT2D eigenvalue weighted by Gasteiger charge is -2.08. The predicted octanol–water partition coefficient (Wildman–Crippen LogP) is 1.26. The lowest BCUT2D eigenvalue weighted by atomic mass is 10.2. The summed E-state index contributed by atoms with van der Waals surface area (Å²) in [4.78, 5) is 0. The first-order valence-corrected chi connectivity index (χ1v) is 6.06. The number of nitrogens with two attached hydrogens (primary N) is 1. The maximum Gasteiger partial charge on any atom is 0.0993 e. The summed E-state index contributed by atoms with van der Waals surface area (Å²) >= 11 is 0. The monoisotopic (exact) mass is 224 g/mol. The van der Waals surface area contributed by atoms with Crippen LogP contribution in [0.1, 0.15) is 44.3 Å². The fraction of sp³-hybridized carbons (Fsp3) is 0.818. The standard InChI is InChI=1S/C11H20N4O/c1-2-10(12)11-8-15(14-13-11)6-5-9-4-3-7-16-9/h8-10H,2-7,12H2,1H3. The highest BCUT2D eigenvalue weighted by molar-refractivity contribution is 4.98. The fourth-order valence-corrected chi connectivity index (χ4v) is 1.95. The van der Waals surface area contributed by atoms with Crippen molar-refractivity contribution < 1.29 is 4.74 Å². The average molecular weight is 224 g/mol. The van der Waals surface area contributed by atoms with Crippen molar-refractivity contribution in [3.05, 3.63) is 11.9 Å². The van der Waals surface area contributed by atoms with Crippen LogP contribution < -0.4 is 5.73 Å². The maximum absolute atomic E-state index is 5.89. The Kier molecular flexibility index (Phi) is 3.90. The Hall–Kier alpha value is -0.940. The van der Waals surface area contributed by atoms with Gasteiger partial charge in [-0.05, 0) is 25.7 Å². The number of ether oxygens (including phenoxy) is 1. The summed E-state index contributed by atoms with van der Waals surface area (Å²) in [5.74, 6) is 0. The van der Waals surface area contributed by atoms with E-state index in [1.54, 1.807) is 0 Å². The molecule has 0 bridgehead atoms. The van der Waals surface area contributed by atoms with Gasteiger partial charge in [0.25, 0.3) is 0 Å². The zero-order chi connectivity index (χ0) is 11.4. The van der Waals surface area contributed by atoms with Gasteiger partial charge in [0.05, 0.1) is 24.0 Å². The molecule has 0 aromatic carbocycles. The molecule has 2 unspecified atom stereocenters. The molecule has 1 aromatic heterocycles. The molecule has 0 amide bonds. The predicted molar refractivity (Wildman–Crippen MR) is 60.8 cm³/mol. The van der Waals surface area contributed by atoms with E-state index in [4.69, 9.17) is 10.5 Å². The first kappa shape index (κ1) is 11.5. The third kappa shape index (κ3) is 2.80. The van der Waals surface area contributed by atoms with Gasteiger partial charge in [-0.15, -0.1) is 5.10 Å². The summed E-state index contributed by atoms with van der Waals surface area (Å²) in [7, 11) is 0. The Labute approximate surface area is 96.0 Å². The van der Waals surface area contributed by atoms with Crippen molar-refractivity contribution in [3.8, 4) is 0 Å². The van der Waals surface area contributed by atoms with Gasteiger partial charge in [-0.3, -0.25) is 4.68 Å². The number of hydrogen-bond acceptors (Lipinski definition) is 4. The third-order valence-corrected chi connectivity index (χ3v) is 3.08. The second-order valence-corrected chi connectivity index (χ2v) is 4.34. The first-order valence-electron chi connectivity index (χ1n) is 6.06. The van der Waals surface area contributed by atoms with Crippen LogP contribution in [0.3, 0.4) is 0 Å². The molecule has 2 rings (SSSR count). The van der Waals surface area contributed by atoms with Crippen molar-refractivity contribution >= 4 is 0 Å². The molecule has 1 fully saturated rings. The molecule has 0 aliphatic carbocycles. The largest absolute Gasteiger partial charge is 0.378 e. The Bertz CT molecular complexity index is 320. The van der Waals surface area contributed by atoms with Crippen molar-refractivity contribution in [2.45, 2.75) is 51.3 Å². The van der Waals surface area contributed by atoms with E-state index in [1.807, 2.05) is 10.9 Å². The van der Waals surface area contributed by atoms with Crippen LogP contribution >= 0.6 is 0 Å². The summed E-state index contributed by atoms with van der Waals surface area (Å²) in [5, 5.41) is 8.16. The van der Waals surface area contributed by atoms with Crippen LogP contribution in [-0.2, 0) is 11.3 Å². The SMILES string of the molecule is CCC(N)c1cn(CCC2CCCO2)nn1. The smallest absolute Gasteiger partial charge is 0.0993 e. The highest BCUT2D eigenvalue weighted by Crippen LogP contribution is 2.16. The zero-order valence-electron chi connectivity index (χ0n) is 9.80. The summed E-state index contributed by atoms with van der Waals surface area (Å²) in [6.45, 7) is 3.83. The molecule has 5 nitrogen and oxygen atoms in total. The quantitative estimate of drug-likeness (QED) is 0.817. The van der Waals surface area contributed by atoms with Crippen molar-refractivity contribution in [2.24, 2.45) is 5.73 Å². The molecule has 0 spiro atoms. The molecule has 1 aliphatic rings. The molecule has 2 N–H and O–H groups in total. The van der Waals surface area contributed by atoms with E-state index in [2.05, 4.69) is 17.2 Å². The van der Waals surface area contributed by atoms with E-state index in [-0.39, 0.29) is 6.04 Å². The molecular weight excluding hydrogens is 204 g/mol. The minimum Gasteiger partial charge on any atom is -0.378 e. The van der Waals surface area contributed by atoms with Crippen molar-refractivity contribution in [1.29, 1.82) is 0 Å². The van der Waals surface area contributed by atoms with Gasteiger partial charge in [-0.25, -0.2) is 0 Å². The molecule has 5 heteroatoms. The second-order valence-electron chi connectivity index (χ2n) is 4.34. The fourth-order valence-electron chi connectivity index (χ4n) is 1.95. The molecular formula is C11H20N4O. The number of rotatable bonds is 5. The normalized spacial score (nSPS) is 22.5. The topological polar surface area (TPSA) is 66.0 Å². The van der Waals surface area contributed by atoms with E-state index in [0.717, 1.165) is 31.7 Å². The van der Waals surface area contributed by atoms with Crippen LogP contribution in [-0.4, -0.2) is 27.7 Å². The van der Waals surface area contributed by atoms with Gasteiger partial charge in [-0.1, -0.05) is 12.1 Å². The molecule has 2 atom stereocenters. The van der Waals surface area contributed by atoms with E-state index in [9.17, 15) is 0 Å². The van der Waals surface area contributed by atoms with Gasteiger partial charge >= 0.3 is 0 Å². The molecule has 1 aromatic rings. The molecule has 0 radical (unpaired) electrons. The number of aromatic nitrogens is 3. The van der Waals surface area contributed by atoms with Gasteiger partial charge in [0.1, 0.15) is 0 Å². The van der Waals surface area contributed by atoms with E-state index in [0.29, 0.717) is 6.10 Å². The molecule has 0 saturated carbocycles. The average Bonchev–Trinajstić information content (AvgIpc) is 2.96. The molecule has 16 heavy (non-hydrogen) atoms. The van der Waals surface area contributed by atoms with Crippen LogP contribution in [0.4, 0.5) is 0 Å². The molecule has 1 aliphatic heterocycles. The second kappa shape index (κ2) is 5.41. The minimum absolute atomic E-state index is 0.0106. The van der Waals surface area contributed by atoms with Crippen LogP contribution in [0.5, 0.6) is 0 Å². The summed E-state index contributed by atoms with van der Waals surface area (Å²) in [5.41, 5.74) is 6.77. The van der Waals surface area contributed by atoms with Crippen LogP contribution in [0.25, 0.3) is 0 Å². The minimum atomic E-state index is 0.0106. The van der Waals surface area contributed by atoms with Gasteiger partial charge in [0.2, 0.25) is 0 Å². The highest BCUT2D eigenvalue weighted by atomic mass is 16.5. The summed E-state index contributed by atoms with van der Waals surface area (Å²) in [6.07, 6.45) is 6.63. The van der Waals surface area contributed by atoms with E-state index >= 15 is 0 Å². The first-order chi connectivity index (χ1) is 7.79. The van der Waals surface area contributed by atoms with E-state index < -0.39 is 0 Å². The van der Waals surface area contributed by atoms with Gasteiger partial charge in [0, 0.05) is 13.2 Å². The Morgan fingerprint density at radius 1 is 1.69 bits per heavy atom.